The Kier molecular flexibility index (Phi) is 5.89. The SMILES string of the molecule is COC(=O)C1CCCN1CC(=O)NC1CCC(C(F)(F)F)CC1. The number of halogens is 3. The lowest BCUT2D eigenvalue weighted by Crippen LogP contribution is -2.47. The van der Waals surface area contributed by atoms with Crippen LogP contribution in [-0.2, 0) is 14.3 Å². The van der Waals surface area contributed by atoms with Gasteiger partial charge in [0.25, 0.3) is 0 Å². The second kappa shape index (κ2) is 7.51. The molecule has 1 unspecified atom stereocenters. The number of esters is 1. The number of amides is 1. The Hall–Kier alpha value is -1.31. The maximum Gasteiger partial charge on any atom is 0.391 e. The van der Waals surface area contributed by atoms with Crippen LogP contribution in [0.3, 0.4) is 0 Å². The van der Waals surface area contributed by atoms with E-state index in [0.29, 0.717) is 25.8 Å². The molecule has 0 bridgehead atoms. The maximum absolute atomic E-state index is 12.6. The van der Waals surface area contributed by atoms with Crippen molar-refractivity contribution in [2.24, 2.45) is 5.92 Å². The van der Waals surface area contributed by atoms with Gasteiger partial charge in [-0.1, -0.05) is 0 Å². The first-order valence-corrected chi connectivity index (χ1v) is 7.99. The molecule has 1 aliphatic heterocycles. The van der Waals surface area contributed by atoms with Crippen LogP contribution in [0, 0.1) is 5.92 Å². The number of rotatable bonds is 4. The Labute approximate surface area is 133 Å². The molecule has 2 fully saturated rings. The predicted octanol–water partition coefficient (Wildman–Crippen LogP) is 1.86. The third-order valence-corrected chi connectivity index (χ3v) is 4.74. The van der Waals surface area contributed by atoms with E-state index in [1.54, 1.807) is 4.90 Å². The first kappa shape index (κ1) is 18.0. The first-order chi connectivity index (χ1) is 10.8. The molecular formula is C15H23F3N2O3. The van der Waals surface area contributed by atoms with Gasteiger partial charge < -0.3 is 10.1 Å². The zero-order valence-corrected chi connectivity index (χ0v) is 13.2. The summed E-state index contributed by atoms with van der Waals surface area (Å²) >= 11 is 0. The number of ether oxygens (including phenoxy) is 1. The second-order valence-corrected chi connectivity index (χ2v) is 6.31. The number of alkyl halides is 3. The molecule has 1 N–H and O–H groups in total. The molecule has 0 aromatic heterocycles. The average molecular weight is 336 g/mol. The minimum atomic E-state index is -4.14. The van der Waals surface area contributed by atoms with Crippen molar-refractivity contribution in [3.63, 3.8) is 0 Å². The summed E-state index contributed by atoms with van der Waals surface area (Å²) in [5, 5.41) is 2.80. The fourth-order valence-corrected chi connectivity index (χ4v) is 3.44. The standard InChI is InChI=1S/C15H23F3N2O3/c1-23-14(22)12-3-2-8-20(12)9-13(21)19-11-6-4-10(5-7-11)15(16,17)18/h10-12H,2-9H2,1H3,(H,19,21). The van der Waals surface area contributed by atoms with E-state index in [4.69, 9.17) is 4.74 Å². The van der Waals surface area contributed by atoms with E-state index in [1.807, 2.05) is 0 Å². The van der Waals surface area contributed by atoms with Crippen molar-refractivity contribution in [3.8, 4) is 0 Å². The Morgan fingerprint density at radius 1 is 1.17 bits per heavy atom. The van der Waals surface area contributed by atoms with Gasteiger partial charge in [0, 0.05) is 6.04 Å². The molecule has 0 radical (unpaired) electrons. The molecule has 5 nitrogen and oxygen atoms in total. The Morgan fingerprint density at radius 2 is 1.83 bits per heavy atom. The van der Waals surface area contributed by atoms with E-state index in [2.05, 4.69) is 5.32 Å². The normalized spacial score (nSPS) is 29.3. The minimum Gasteiger partial charge on any atom is -0.468 e. The monoisotopic (exact) mass is 336 g/mol. The molecule has 23 heavy (non-hydrogen) atoms. The highest BCUT2D eigenvalue weighted by molar-refractivity contribution is 5.81. The summed E-state index contributed by atoms with van der Waals surface area (Å²) in [4.78, 5) is 25.5. The molecule has 1 saturated carbocycles. The van der Waals surface area contributed by atoms with Crippen molar-refractivity contribution in [2.75, 3.05) is 20.2 Å². The van der Waals surface area contributed by atoms with Crippen molar-refractivity contribution in [1.29, 1.82) is 0 Å². The van der Waals surface area contributed by atoms with E-state index in [-0.39, 0.29) is 37.3 Å². The van der Waals surface area contributed by atoms with Gasteiger partial charge >= 0.3 is 12.1 Å². The van der Waals surface area contributed by atoms with Crippen LogP contribution in [-0.4, -0.2) is 55.2 Å². The quantitative estimate of drug-likeness (QED) is 0.796. The minimum absolute atomic E-state index is 0.0585. The lowest BCUT2D eigenvalue weighted by Gasteiger charge is -2.31. The molecule has 2 rings (SSSR count). The lowest BCUT2D eigenvalue weighted by atomic mass is 9.85. The summed E-state index contributed by atoms with van der Waals surface area (Å²) in [7, 11) is 1.32. The molecule has 1 saturated heterocycles. The molecule has 8 heteroatoms. The van der Waals surface area contributed by atoms with Gasteiger partial charge in [-0.15, -0.1) is 0 Å². The van der Waals surface area contributed by atoms with Gasteiger partial charge in [0.15, 0.2) is 0 Å². The number of carbonyl (C=O) groups excluding carboxylic acids is 2. The number of hydrogen-bond donors (Lipinski definition) is 1. The van der Waals surface area contributed by atoms with Crippen LogP contribution in [0.15, 0.2) is 0 Å². The molecule has 1 aliphatic carbocycles. The third kappa shape index (κ3) is 4.83. The fourth-order valence-electron chi connectivity index (χ4n) is 3.44. The Morgan fingerprint density at radius 3 is 2.39 bits per heavy atom. The van der Waals surface area contributed by atoms with Crippen molar-refractivity contribution in [3.05, 3.63) is 0 Å². The maximum atomic E-state index is 12.6. The van der Waals surface area contributed by atoms with E-state index >= 15 is 0 Å². The van der Waals surface area contributed by atoms with Crippen LogP contribution in [0.25, 0.3) is 0 Å². The highest BCUT2D eigenvalue weighted by Crippen LogP contribution is 2.37. The summed E-state index contributed by atoms with van der Waals surface area (Å²) in [5.74, 6) is -1.84. The number of hydrogen-bond acceptors (Lipinski definition) is 4. The molecule has 0 spiro atoms. The number of methoxy groups -OCH3 is 1. The van der Waals surface area contributed by atoms with Gasteiger partial charge in [0.1, 0.15) is 6.04 Å². The number of nitrogens with one attached hydrogen (secondary N) is 1. The molecule has 1 heterocycles. The highest BCUT2D eigenvalue weighted by atomic mass is 19.4. The van der Waals surface area contributed by atoms with Gasteiger partial charge in [-0.05, 0) is 45.1 Å². The van der Waals surface area contributed by atoms with Crippen molar-refractivity contribution in [1.82, 2.24) is 10.2 Å². The first-order valence-electron chi connectivity index (χ1n) is 7.99. The van der Waals surface area contributed by atoms with Crippen LogP contribution in [0.2, 0.25) is 0 Å². The smallest absolute Gasteiger partial charge is 0.391 e. The van der Waals surface area contributed by atoms with E-state index in [9.17, 15) is 22.8 Å². The van der Waals surface area contributed by atoms with Gasteiger partial charge in [0.2, 0.25) is 5.91 Å². The molecule has 0 aromatic rings. The predicted molar refractivity (Wildman–Crippen MR) is 76.6 cm³/mol. The van der Waals surface area contributed by atoms with Gasteiger partial charge in [-0.2, -0.15) is 13.2 Å². The second-order valence-electron chi connectivity index (χ2n) is 6.31. The molecular weight excluding hydrogens is 313 g/mol. The largest absolute Gasteiger partial charge is 0.468 e. The van der Waals surface area contributed by atoms with Gasteiger partial charge in [-0.3, -0.25) is 14.5 Å². The van der Waals surface area contributed by atoms with Crippen molar-refractivity contribution >= 4 is 11.9 Å². The molecule has 0 aromatic carbocycles. The van der Waals surface area contributed by atoms with Gasteiger partial charge in [-0.25, -0.2) is 0 Å². The van der Waals surface area contributed by atoms with Crippen LogP contribution in [0.4, 0.5) is 13.2 Å². The van der Waals surface area contributed by atoms with Gasteiger partial charge in [0.05, 0.1) is 19.6 Å². The summed E-state index contributed by atoms with van der Waals surface area (Å²) in [5.41, 5.74) is 0. The lowest BCUT2D eigenvalue weighted by molar-refractivity contribution is -0.182. The number of likely N-dealkylation sites (tertiary alicyclic amines) is 1. The van der Waals surface area contributed by atoms with Crippen molar-refractivity contribution in [2.45, 2.75) is 56.8 Å². The third-order valence-electron chi connectivity index (χ3n) is 4.74. The molecule has 1 amide bonds. The zero-order valence-electron chi connectivity index (χ0n) is 13.2. The Bertz CT molecular complexity index is 434. The number of nitrogens with zero attached hydrogens (tertiary/aromatic N) is 1. The highest BCUT2D eigenvalue weighted by Gasteiger charge is 2.41. The molecule has 132 valence electrons. The summed E-state index contributed by atoms with van der Waals surface area (Å²) in [6, 6.07) is -0.605. The molecule has 2 aliphatic rings. The fraction of sp³-hybridized carbons (Fsp3) is 0.867. The number of carbonyl (C=O) groups is 2. The topological polar surface area (TPSA) is 58.6 Å². The Balaban J connectivity index is 1.76. The van der Waals surface area contributed by atoms with E-state index in [0.717, 1.165) is 6.42 Å². The van der Waals surface area contributed by atoms with E-state index in [1.165, 1.54) is 7.11 Å². The van der Waals surface area contributed by atoms with Crippen LogP contribution >= 0.6 is 0 Å². The summed E-state index contributed by atoms with van der Waals surface area (Å²) < 4.78 is 42.6. The van der Waals surface area contributed by atoms with Crippen molar-refractivity contribution < 1.29 is 27.5 Å². The molecule has 1 atom stereocenters. The van der Waals surface area contributed by atoms with Crippen LogP contribution in [0.5, 0.6) is 0 Å². The zero-order chi connectivity index (χ0) is 17.0. The summed E-state index contributed by atoms with van der Waals surface area (Å²) in [6.07, 6.45) is -1.85. The van der Waals surface area contributed by atoms with E-state index < -0.39 is 18.1 Å². The van der Waals surface area contributed by atoms with Crippen LogP contribution in [0.1, 0.15) is 38.5 Å². The summed E-state index contributed by atoms with van der Waals surface area (Å²) in [6.45, 7) is 0.729. The van der Waals surface area contributed by atoms with Crippen LogP contribution < -0.4 is 5.32 Å². The average Bonchev–Trinajstić information content (AvgIpc) is 2.94.